The van der Waals surface area contributed by atoms with Gasteiger partial charge >= 0.3 is 5.97 Å². The maximum atomic E-state index is 12.5. The van der Waals surface area contributed by atoms with Gasteiger partial charge in [-0.05, 0) is 18.8 Å². The molecule has 130 valence electrons. The zero-order valence-electron chi connectivity index (χ0n) is 13.5. The van der Waals surface area contributed by atoms with Crippen molar-refractivity contribution in [1.29, 1.82) is 0 Å². The van der Waals surface area contributed by atoms with Gasteiger partial charge in [0, 0.05) is 19.1 Å². The van der Waals surface area contributed by atoms with Crippen molar-refractivity contribution in [2.24, 2.45) is 17.8 Å². The Morgan fingerprint density at radius 2 is 1.87 bits per heavy atom. The van der Waals surface area contributed by atoms with Gasteiger partial charge in [-0.2, -0.15) is 0 Å². The average Bonchev–Trinajstić information content (AvgIpc) is 2.43. The number of hydrogen-bond donors (Lipinski definition) is 0. The Bertz CT molecular complexity index is 605. The number of hydrogen-bond acceptors (Lipinski definition) is 7. The SMILES string of the molecule is CCCC(=O)C1C(=O)CC(CCS(C)(=O)=O)C(C(=O)OC)C1=O. The largest absolute Gasteiger partial charge is 0.468 e. The van der Waals surface area contributed by atoms with Crippen LogP contribution in [0.3, 0.4) is 0 Å². The van der Waals surface area contributed by atoms with Crippen molar-refractivity contribution in [2.75, 3.05) is 19.1 Å². The molecular weight excluding hydrogens is 324 g/mol. The van der Waals surface area contributed by atoms with Gasteiger partial charge < -0.3 is 4.74 Å². The molecule has 1 aliphatic rings. The Balaban J connectivity index is 3.07. The Morgan fingerprint density at radius 3 is 2.35 bits per heavy atom. The summed E-state index contributed by atoms with van der Waals surface area (Å²) >= 11 is 0. The van der Waals surface area contributed by atoms with Crippen LogP contribution < -0.4 is 0 Å². The fourth-order valence-electron chi connectivity index (χ4n) is 2.86. The quantitative estimate of drug-likeness (QED) is 0.483. The second-order valence-electron chi connectivity index (χ2n) is 5.90. The van der Waals surface area contributed by atoms with Crippen LogP contribution in [0.1, 0.15) is 32.6 Å². The first kappa shape index (κ1) is 19.5. The first-order chi connectivity index (χ1) is 10.6. The summed E-state index contributed by atoms with van der Waals surface area (Å²) in [7, 11) is -2.18. The number of Topliss-reactive ketones (excluding diaryl/α,β-unsaturated/α-hetero) is 3. The molecule has 0 N–H and O–H groups in total. The van der Waals surface area contributed by atoms with E-state index in [4.69, 9.17) is 0 Å². The normalized spacial score (nSPS) is 25.3. The molecule has 7 nitrogen and oxygen atoms in total. The molecule has 3 atom stereocenters. The highest BCUT2D eigenvalue weighted by molar-refractivity contribution is 7.90. The summed E-state index contributed by atoms with van der Waals surface area (Å²) in [5.74, 6) is -6.27. The number of carbonyl (C=O) groups is 4. The van der Waals surface area contributed by atoms with Crippen LogP contribution in [-0.2, 0) is 33.8 Å². The summed E-state index contributed by atoms with van der Waals surface area (Å²) in [6, 6.07) is 0. The van der Waals surface area contributed by atoms with Crippen molar-refractivity contribution >= 4 is 33.2 Å². The van der Waals surface area contributed by atoms with Crippen molar-refractivity contribution in [3.63, 3.8) is 0 Å². The first-order valence-corrected chi connectivity index (χ1v) is 9.53. The molecule has 0 amide bonds. The maximum Gasteiger partial charge on any atom is 0.316 e. The lowest BCUT2D eigenvalue weighted by Crippen LogP contribution is -2.48. The Hall–Kier alpha value is -1.57. The lowest BCUT2D eigenvalue weighted by molar-refractivity contribution is -0.158. The topological polar surface area (TPSA) is 112 Å². The van der Waals surface area contributed by atoms with E-state index in [0.29, 0.717) is 6.42 Å². The average molecular weight is 346 g/mol. The molecule has 0 aliphatic heterocycles. The van der Waals surface area contributed by atoms with Gasteiger partial charge in [0.15, 0.2) is 17.3 Å². The number of carbonyl (C=O) groups excluding carboxylic acids is 4. The van der Waals surface area contributed by atoms with Crippen LogP contribution in [0.25, 0.3) is 0 Å². The lowest BCUT2D eigenvalue weighted by Gasteiger charge is -2.31. The molecule has 3 unspecified atom stereocenters. The van der Waals surface area contributed by atoms with Gasteiger partial charge in [-0.15, -0.1) is 0 Å². The summed E-state index contributed by atoms with van der Waals surface area (Å²) in [6.45, 7) is 1.75. The minimum atomic E-state index is -3.29. The van der Waals surface area contributed by atoms with Crippen LogP contribution in [-0.4, -0.2) is 50.9 Å². The van der Waals surface area contributed by atoms with E-state index in [9.17, 15) is 27.6 Å². The smallest absolute Gasteiger partial charge is 0.316 e. The van der Waals surface area contributed by atoms with E-state index >= 15 is 0 Å². The molecule has 0 radical (unpaired) electrons. The predicted octanol–water partition coefficient (Wildman–Crippen LogP) is 0.354. The highest BCUT2D eigenvalue weighted by Gasteiger charge is 2.49. The lowest BCUT2D eigenvalue weighted by atomic mass is 9.69. The number of esters is 1. The van der Waals surface area contributed by atoms with Gasteiger partial charge in [0.2, 0.25) is 0 Å². The van der Waals surface area contributed by atoms with Gasteiger partial charge in [-0.3, -0.25) is 19.2 Å². The van der Waals surface area contributed by atoms with E-state index in [1.54, 1.807) is 6.92 Å². The zero-order chi connectivity index (χ0) is 17.8. The molecule has 0 spiro atoms. The Labute approximate surface area is 135 Å². The number of ketones is 3. The third-order valence-corrected chi connectivity index (χ3v) is 4.96. The molecule has 0 aromatic rings. The van der Waals surface area contributed by atoms with Crippen LogP contribution in [0, 0.1) is 17.8 Å². The maximum absolute atomic E-state index is 12.5. The number of sulfone groups is 1. The second-order valence-corrected chi connectivity index (χ2v) is 8.16. The molecule has 1 rings (SSSR count). The van der Waals surface area contributed by atoms with E-state index in [1.807, 2.05) is 0 Å². The molecule has 0 saturated heterocycles. The second kappa shape index (κ2) is 7.81. The molecule has 1 aliphatic carbocycles. The van der Waals surface area contributed by atoms with Crippen molar-refractivity contribution in [1.82, 2.24) is 0 Å². The fraction of sp³-hybridized carbons (Fsp3) is 0.733. The molecule has 23 heavy (non-hydrogen) atoms. The first-order valence-electron chi connectivity index (χ1n) is 7.47. The summed E-state index contributed by atoms with van der Waals surface area (Å²) in [5, 5.41) is 0. The molecule has 0 heterocycles. The molecule has 1 fully saturated rings. The molecule has 8 heteroatoms. The van der Waals surface area contributed by atoms with Crippen LogP contribution in [0.15, 0.2) is 0 Å². The van der Waals surface area contributed by atoms with Crippen molar-refractivity contribution in [2.45, 2.75) is 32.6 Å². The van der Waals surface area contributed by atoms with Gasteiger partial charge in [0.05, 0.1) is 12.9 Å². The van der Waals surface area contributed by atoms with E-state index in [-0.39, 0.29) is 25.0 Å². The zero-order valence-corrected chi connectivity index (χ0v) is 14.4. The Kier molecular flexibility index (Phi) is 6.61. The summed E-state index contributed by atoms with van der Waals surface area (Å²) in [4.78, 5) is 48.6. The van der Waals surface area contributed by atoms with E-state index in [0.717, 1.165) is 13.4 Å². The van der Waals surface area contributed by atoms with Crippen LogP contribution in [0.2, 0.25) is 0 Å². The third kappa shape index (κ3) is 4.95. The van der Waals surface area contributed by atoms with Gasteiger partial charge in [-0.25, -0.2) is 8.42 Å². The minimum Gasteiger partial charge on any atom is -0.468 e. The molecule has 0 aromatic heterocycles. The van der Waals surface area contributed by atoms with Crippen LogP contribution in [0.5, 0.6) is 0 Å². The standard InChI is InChI=1S/C15H22O7S/c1-4-5-10(16)13-11(17)8-9(6-7-23(3,20)21)12(14(13)18)15(19)22-2/h9,12-13H,4-8H2,1-3H3. The van der Waals surface area contributed by atoms with Crippen LogP contribution in [0.4, 0.5) is 0 Å². The van der Waals surface area contributed by atoms with Gasteiger partial charge in [0.1, 0.15) is 21.7 Å². The highest BCUT2D eigenvalue weighted by Crippen LogP contribution is 2.33. The molecule has 0 aromatic carbocycles. The number of rotatable bonds is 7. The van der Waals surface area contributed by atoms with E-state index in [2.05, 4.69) is 4.74 Å². The molecule has 1 saturated carbocycles. The number of ether oxygens (including phenoxy) is 1. The van der Waals surface area contributed by atoms with Crippen molar-refractivity contribution in [3.05, 3.63) is 0 Å². The van der Waals surface area contributed by atoms with Crippen molar-refractivity contribution in [3.8, 4) is 0 Å². The van der Waals surface area contributed by atoms with Gasteiger partial charge in [-0.1, -0.05) is 6.92 Å². The highest BCUT2D eigenvalue weighted by atomic mass is 32.2. The number of methoxy groups -OCH3 is 1. The fourth-order valence-corrected chi connectivity index (χ4v) is 3.59. The van der Waals surface area contributed by atoms with E-state index < -0.39 is 50.9 Å². The van der Waals surface area contributed by atoms with Crippen LogP contribution >= 0.6 is 0 Å². The van der Waals surface area contributed by atoms with Crippen molar-refractivity contribution < 1.29 is 32.3 Å². The minimum absolute atomic E-state index is 0.00473. The van der Waals surface area contributed by atoms with E-state index in [1.165, 1.54) is 0 Å². The summed E-state index contributed by atoms with van der Waals surface area (Å²) in [6.07, 6.45) is 1.46. The summed E-state index contributed by atoms with van der Waals surface area (Å²) < 4.78 is 27.2. The Morgan fingerprint density at radius 1 is 1.26 bits per heavy atom. The molecular formula is C15H22O7S. The summed E-state index contributed by atoms with van der Waals surface area (Å²) in [5.41, 5.74) is 0. The predicted molar refractivity (Wildman–Crippen MR) is 81.4 cm³/mol. The monoisotopic (exact) mass is 346 g/mol. The van der Waals surface area contributed by atoms with Gasteiger partial charge in [0.25, 0.3) is 0 Å². The third-order valence-electron chi connectivity index (χ3n) is 3.98. The molecule has 0 bridgehead atoms.